The number of carbonyl (C=O) groups is 2. The maximum atomic E-state index is 13.3. The lowest BCUT2D eigenvalue weighted by Crippen LogP contribution is -2.31. The summed E-state index contributed by atoms with van der Waals surface area (Å²) in [7, 11) is 0. The summed E-state index contributed by atoms with van der Waals surface area (Å²) in [4.78, 5) is 21.1. The Kier molecular flexibility index (Phi) is 3.94. The average molecular weight is 294 g/mol. The molecule has 1 atom stereocenters. The van der Waals surface area contributed by atoms with Crippen LogP contribution in [0.25, 0.3) is 0 Å². The second-order valence-corrected chi connectivity index (χ2v) is 3.65. The van der Waals surface area contributed by atoms with Gasteiger partial charge in [0.2, 0.25) is 0 Å². The molecule has 1 unspecified atom stereocenters. The Hall–Kier alpha value is -1.50. The van der Waals surface area contributed by atoms with E-state index in [4.69, 9.17) is 5.11 Å². The van der Waals surface area contributed by atoms with Crippen molar-refractivity contribution in [1.82, 2.24) is 0 Å². The molecular formula is C9H6BrF2NO3. The molecule has 0 aromatic heterocycles. The number of halogens is 3. The van der Waals surface area contributed by atoms with E-state index in [0.29, 0.717) is 0 Å². The van der Waals surface area contributed by atoms with Gasteiger partial charge < -0.3 is 10.4 Å². The number of carbonyl (C=O) groups excluding carboxylic acids is 1. The minimum Gasteiger partial charge on any atom is -0.479 e. The molecule has 86 valence electrons. The Morgan fingerprint density at radius 2 is 2.06 bits per heavy atom. The number of aliphatic carboxylic acids is 1. The molecule has 1 aromatic rings. The first-order valence-corrected chi connectivity index (χ1v) is 4.84. The van der Waals surface area contributed by atoms with E-state index in [1.807, 2.05) is 5.32 Å². The number of nitrogens with one attached hydrogen (secondary N) is 1. The first-order chi connectivity index (χ1) is 7.43. The lowest BCUT2D eigenvalue weighted by atomic mass is 10.3. The van der Waals surface area contributed by atoms with Gasteiger partial charge in [-0.3, -0.25) is 4.79 Å². The average Bonchev–Trinajstić information content (AvgIpc) is 2.23. The summed E-state index contributed by atoms with van der Waals surface area (Å²) >= 11 is 2.87. The molecule has 0 saturated carbocycles. The number of rotatable bonds is 3. The van der Waals surface area contributed by atoms with Gasteiger partial charge in [0.15, 0.2) is 5.82 Å². The van der Waals surface area contributed by atoms with Gasteiger partial charge in [-0.15, -0.1) is 0 Å². The molecule has 1 rings (SSSR count). The molecule has 0 spiro atoms. The second-order valence-electron chi connectivity index (χ2n) is 2.79. The van der Waals surface area contributed by atoms with Gasteiger partial charge in [-0.05, 0) is 28.1 Å². The predicted molar refractivity (Wildman–Crippen MR) is 55.3 cm³/mol. The molecule has 0 fully saturated rings. The monoisotopic (exact) mass is 293 g/mol. The van der Waals surface area contributed by atoms with Crippen LogP contribution in [0, 0.1) is 5.82 Å². The van der Waals surface area contributed by atoms with Crippen LogP contribution in [0.1, 0.15) is 0 Å². The van der Waals surface area contributed by atoms with Crippen LogP contribution in [-0.2, 0) is 9.59 Å². The Morgan fingerprint density at radius 3 is 2.62 bits per heavy atom. The van der Waals surface area contributed by atoms with Crippen molar-refractivity contribution in [3.05, 3.63) is 28.5 Å². The number of benzene rings is 1. The van der Waals surface area contributed by atoms with Crippen molar-refractivity contribution >= 4 is 33.5 Å². The molecule has 0 heterocycles. The Morgan fingerprint density at radius 1 is 1.44 bits per heavy atom. The van der Waals surface area contributed by atoms with Crippen LogP contribution in [0.4, 0.5) is 14.5 Å². The summed E-state index contributed by atoms with van der Waals surface area (Å²) in [6, 6.07) is 3.98. The lowest BCUT2D eigenvalue weighted by Gasteiger charge is -2.07. The molecule has 1 aromatic carbocycles. The quantitative estimate of drug-likeness (QED) is 0.837. The van der Waals surface area contributed by atoms with Crippen molar-refractivity contribution in [1.29, 1.82) is 0 Å². The van der Waals surface area contributed by atoms with Crippen molar-refractivity contribution in [3.63, 3.8) is 0 Å². The molecule has 1 amide bonds. The van der Waals surface area contributed by atoms with Gasteiger partial charge >= 0.3 is 5.97 Å². The molecule has 0 saturated heterocycles. The number of hydrogen-bond acceptors (Lipinski definition) is 2. The third-order valence-corrected chi connectivity index (χ3v) is 2.27. The smallest absolute Gasteiger partial charge is 0.348 e. The third-order valence-electron chi connectivity index (χ3n) is 1.66. The zero-order valence-electron chi connectivity index (χ0n) is 7.71. The number of carboxylic acid groups (broad SMARTS) is 1. The van der Waals surface area contributed by atoms with E-state index in [2.05, 4.69) is 15.9 Å². The van der Waals surface area contributed by atoms with E-state index in [1.54, 1.807) is 0 Å². The van der Waals surface area contributed by atoms with Crippen molar-refractivity contribution in [2.75, 3.05) is 5.32 Å². The van der Waals surface area contributed by atoms with Crippen LogP contribution in [-0.4, -0.2) is 23.2 Å². The number of amides is 1. The van der Waals surface area contributed by atoms with Crippen molar-refractivity contribution in [2.45, 2.75) is 6.17 Å². The van der Waals surface area contributed by atoms with Crippen molar-refractivity contribution < 1.29 is 23.5 Å². The summed E-state index contributed by atoms with van der Waals surface area (Å²) in [5.41, 5.74) is -0.289. The molecule has 0 radical (unpaired) electrons. The fourth-order valence-corrected chi connectivity index (χ4v) is 1.27. The standard InChI is InChI=1S/C9H6BrF2NO3/c10-4-2-1-3-5(6(4)11)13-8(14)7(12)9(15)16/h1-3,7H,(H,13,14)(H,15,16). The zero-order chi connectivity index (χ0) is 12.3. The minimum atomic E-state index is -2.72. The van der Waals surface area contributed by atoms with E-state index >= 15 is 0 Å². The molecule has 16 heavy (non-hydrogen) atoms. The third kappa shape index (κ3) is 2.75. The molecule has 2 N–H and O–H groups in total. The molecule has 4 nitrogen and oxygen atoms in total. The van der Waals surface area contributed by atoms with Crippen LogP contribution in [0.2, 0.25) is 0 Å². The summed E-state index contributed by atoms with van der Waals surface area (Å²) < 4.78 is 26.1. The SMILES string of the molecule is O=C(O)C(F)C(=O)Nc1cccc(Br)c1F. The van der Waals surface area contributed by atoms with Gasteiger partial charge in [0.25, 0.3) is 12.1 Å². The first-order valence-electron chi connectivity index (χ1n) is 4.05. The Labute approximate surface area is 97.4 Å². The van der Waals surface area contributed by atoms with E-state index in [9.17, 15) is 18.4 Å². The minimum absolute atomic E-state index is 0.0797. The molecule has 0 aliphatic rings. The Balaban J connectivity index is 2.85. The van der Waals surface area contributed by atoms with Gasteiger partial charge in [-0.2, -0.15) is 0 Å². The first kappa shape index (κ1) is 12.6. The summed E-state index contributed by atoms with van der Waals surface area (Å²) in [6.45, 7) is 0. The summed E-state index contributed by atoms with van der Waals surface area (Å²) in [5, 5.41) is 10.0. The van der Waals surface area contributed by atoms with Crippen molar-refractivity contribution in [3.8, 4) is 0 Å². The fraction of sp³-hybridized carbons (Fsp3) is 0.111. The van der Waals surface area contributed by atoms with E-state index in [0.717, 1.165) is 0 Å². The molecular weight excluding hydrogens is 288 g/mol. The lowest BCUT2D eigenvalue weighted by molar-refractivity contribution is -0.146. The van der Waals surface area contributed by atoms with E-state index < -0.39 is 23.9 Å². The highest BCUT2D eigenvalue weighted by Crippen LogP contribution is 2.22. The Bertz CT molecular complexity index is 439. The summed E-state index contributed by atoms with van der Waals surface area (Å²) in [6.07, 6.45) is -2.72. The topological polar surface area (TPSA) is 66.4 Å². The van der Waals surface area contributed by atoms with Gasteiger partial charge in [0.1, 0.15) is 0 Å². The van der Waals surface area contributed by atoms with Crippen molar-refractivity contribution in [2.24, 2.45) is 0 Å². The van der Waals surface area contributed by atoms with Gasteiger partial charge in [0.05, 0.1) is 10.2 Å². The molecule has 7 heteroatoms. The van der Waals surface area contributed by atoms with E-state index in [1.165, 1.54) is 18.2 Å². The number of carboxylic acids is 1. The second kappa shape index (κ2) is 5.02. The molecule has 0 aliphatic heterocycles. The zero-order valence-corrected chi connectivity index (χ0v) is 9.29. The highest BCUT2D eigenvalue weighted by atomic mass is 79.9. The number of anilines is 1. The van der Waals surface area contributed by atoms with Crippen LogP contribution in [0.5, 0.6) is 0 Å². The van der Waals surface area contributed by atoms with Crippen LogP contribution in [0.15, 0.2) is 22.7 Å². The predicted octanol–water partition coefficient (Wildman–Crippen LogP) is 1.95. The van der Waals surface area contributed by atoms with Gasteiger partial charge in [0, 0.05) is 0 Å². The number of hydrogen-bond donors (Lipinski definition) is 2. The largest absolute Gasteiger partial charge is 0.479 e. The highest BCUT2D eigenvalue weighted by Gasteiger charge is 2.26. The normalized spacial score (nSPS) is 11.9. The molecule has 0 aliphatic carbocycles. The van der Waals surface area contributed by atoms with Crippen LogP contribution in [0.3, 0.4) is 0 Å². The van der Waals surface area contributed by atoms with E-state index in [-0.39, 0.29) is 10.2 Å². The number of alkyl halides is 1. The fourth-order valence-electron chi connectivity index (χ4n) is 0.909. The molecule has 0 bridgehead atoms. The van der Waals surface area contributed by atoms with Crippen LogP contribution < -0.4 is 5.32 Å². The highest BCUT2D eigenvalue weighted by molar-refractivity contribution is 9.10. The maximum absolute atomic E-state index is 13.3. The maximum Gasteiger partial charge on any atom is 0.348 e. The van der Waals surface area contributed by atoms with Gasteiger partial charge in [-0.1, -0.05) is 6.07 Å². The van der Waals surface area contributed by atoms with Crippen LogP contribution >= 0.6 is 15.9 Å². The summed E-state index contributed by atoms with van der Waals surface area (Å²) in [5.74, 6) is -4.15. The van der Waals surface area contributed by atoms with Gasteiger partial charge in [-0.25, -0.2) is 13.6 Å².